The van der Waals surface area contributed by atoms with E-state index in [4.69, 9.17) is 5.11 Å². The molecule has 2 unspecified atom stereocenters. The summed E-state index contributed by atoms with van der Waals surface area (Å²) in [5.74, 6) is -2.58. The van der Waals surface area contributed by atoms with Gasteiger partial charge in [-0.2, -0.15) is 0 Å². The Balaban J connectivity index is 2.72. The van der Waals surface area contributed by atoms with Crippen LogP contribution in [0.25, 0.3) is 0 Å². The third kappa shape index (κ3) is 4.90. The van der Waals surface area contributed by atoms with E-state index in [2.05, 4.69) is 4.74 Å². The number of carboxylic acid groups (broad SMARTS) is 1. The molecule has 0 bridgehead atoms. The fourth-order valence-corrected chi connectivity index (χ4v) is 2.39. The molecular formula is C13H20F2N2O5. The van der Waals surface area contributed by atoms with Crippen LogP contribution < -0.4 is 0 Å². The maximum absolute atomic E-state index is 12.0. The average molecular weight is 322 g/mol. The van der Waals surface area contributed by atoms with E-state index >= 15 is 0 Å². The molecule has 1 N–H and O–H groups in total. The van der Waals surface area contributed by atoms with E-state index < -0.39 is 43.5 Å². The van der Waals surface area contributed by atoms with Crippen LogP contribution in [0.4, 0.5) is 8.78 Å². The van der Waals surface area contributed by atoms with Crippen LogP contribution in [-0.4, -0.2) is 79.0 Å². The van der Waals surface area contributed by atoms with Crippen LogP contribution in [0.15, 0.2) is 0 Å². The number of carbonyl (C=O) groups is 3. The lowest BCUT2D eigenvalue weighted by Crippen LogP contribution is -2.54. The minimum absolute atomic E-state index is 0.0507. The zero-order valence-corrected chi connectivity index (χ0v) is 12.5. The quantitative estimate of drug-likeness (QED) is 0.746. The number of carbonyl (C=O) groups excluding carboxylic acids is 2. The molecule has 0 aromatic carbocycles. The van der Waals surface area contributed by atoms with Gasteiger partial charge >= 0.3 is 5.97 Å². The van der Waals surface area contributed by atoms with E-state index in [0.717, 1.165) is 4.90 Å². The fraction of sp³-hybridized carbons (Fsp3) is 0.769. The first-order chi connectivity index (χ1) is 10.2. The minimum Gasteiger partial charge on any atom is -0.480 e. The summed E-state index contributed by atoms with van der Waals surface area (Å²) >= 11 is 0. The molecule has 2 atom stereocenters. The largest absolute Gasteiger partial charge is 0.480 e. The molecule has 1 rings (SSSR count). The number of amides is 2. The van der Waals surface area contributed by atoms with Crippen molar-refractivity contribution in [3.8, 4) is 0 Å². The first kappa shape index (κ1) is 18.3. The Hall–Kier alpha value is -1.77. The zero-order valence-electron chi connectivity index (χ0n) is 12.5. The van der Waals surface area contributed by atoms with Crippen molar-refractivity contribution in [3.05, 3.63) is 0 Å². The molecule has 1 saturated heterocycles. The molecule has 1 aliphatic heterocycles. The Morgan fingerprint density at radius 2 is 1.95 bits per heavy atom. The van der Waals surface area contributed by atoms with Crippen molar-refractivity contribution in [1.29, 1.82) is 0 Å². The van der Waals surface area contributed by atoms with Gasteiger partial charge in [-0.25, -0.2) is 13.6 Å². The molecule has 1 aliphatic rings. The van der Waals surface area contributed by atoms with Gasteiger partial charge < -0.3 is 19.6 Å². The molecule has 126 valence electrons. The number of hydrogen-bond donors (Lipinski definition) is 1. The molecule has 0 aromatic rings. The molecule has 0 saturated carbocycles. The van der Waals surface area contributed by atoms with Gasteiger partial charge in [0.15, 0.2) is 0 Å². The SMILES string of the molecule is CN(C)C(=O)C1CCC(C(=O)O)N(C(=O)COCC(F)F)C1. The van der Waals surface area contributed by atoms with Gasteiger partial charge in [-0.3, -0.25) is 9.59 Å². The molecule has 0 aliphatic carbocycles. The van der Waals surface area contributed by atoms with Crippen molar-refractivity contribution < 1.29 is 33.0 Å². The first-order valence-electron chi connectivity index (χ1n) is 6.83. The average Bonchev–Trinajstić information content (AvgIpc) is 2.45. The highest BCUT2D eigenvalue weighted by Gasteiger charge is 2.38. The van der Waals surface area contributed by atoms with E-state index in [1.165, 1.54) is 4.90 Å². The number of likely N-dealkylation sites (tertiary alicyclic amines) is 1. The van der Waals surface area contributed by atoms with Crippen LogP contribution in [0.5, 0.6) is 0 Å². The highest BCUT2D eigenvalue weighted by molar-refractivity contribution is 5.86. The number of ether oxygens (including phenoxy) is 1. The van der Waals surface area contributed by atoms with Gasteiger partial charge in [-0.1, -0.05) is 0 Å². The lowest BCUT2D eigenvalue weighted by molar-refractivity contribution is -0.158. The number of aliphatic carboxylic acids is 1. The Morgan fingerprint density at radius 1 is 1.32 bits per heavy atom. The number of halogens is 2. The summed E-state index contributed by atoms with van der Waals surface area (Å²) in [5, 5.41) is 9.16. The first-order valence-corrected chi connectivity index (χ1v) is 6.83. The monoisotopic (exact) mass is 322 g/mol. The zero-order chi connectivity index (χ0) is 16.9. The lowest BCUT2D eigenvalue weighted by Gasteiger charge is -2.37. The second-order valence-corrected chi connectivity index (χ2v) is 5.31. The highest BCUT2D eigenvalue weighted by Crippen LogP contribution is 2.24. The third-order valence-corrected chi connectivity index (χ3v) is 3.45. The van der Waals surface area contributed by atoms with Crippen molar-refractivity contribution in [1.82, 2.24) is 9.80 Å². The minimum atomic E-state index is -2.70. The van der Waals surface area contributed by atoms with Crippen LogP contribution in [0.1, 0.15) is 12.8 Å². The van der Waals surface area contributed by atoms with E-state index in [1.54, 1.807) is 14.1 Å². The lowest BCUT2D eigenvalue weighted by atomic mass is 9.91. The summed E-state index contributed by atoms with van der Waals surface area (Å²) < 4.78 is 28.5. The Bertz CT molecular complexity index is 431. The summed E-state index contributed by atoms with van der Waals surface area (Å²) in [4.78, 5) is 37.6. The molecule has 22 heavy (non-hydrogen) atoms. The Kier molecular flexibility index (Phi) is 6.66. The predicted molar refractivity (Wildman–Crippen MR) is 71.4 cm³/mol. The van der Waals surface area contributed by atoms with Crippen molar-refractivity contribution in [2.45, 2.75) is 25.3 Å². The molecule has 0 spiro atoms. The van der Waals surface area contributed by atoms with E-state index in [0.29, 0.717) is 6.42 Å². The van der Waals surface area contributed by atoms with Gasteiger partial charge in [0.1, 0.15) is 19.3 Å². The number of nitrogens with zero attached hydrogens (tertiary/aromatic N) is 2. The molecular weight excluding hydrogens is 302 g/mol. The molecule has 0 aromatic heterocycles. The summed E-state index contributed by atoms with van der Waals surface area (Å²) in [7, 11) is 3.15. The topological polar surface area (TPSA) is 87.2 Å². The number of alkyl halides is 2. The van der Waals surface area contributed by atoms with E-state index in [1.807, 2.05) is 0 Å². The van der Waals surface area contributed by atoms with Crippen LogP contribution in [0.3, 0.4) is 0 Å². The molecule has 9 heteroatoms. The van der Waals surface area contributed by atoms with Crippen molar-refractivity contribution in [2.75, 3.05) is 33.9 Å². The Labute approximate surface area is 126 Å². The summed E-state index contributed by atoms with van der Waals surface area (Å²) in [6, 6.07) is -1.06. The van der Waals surface area contributed by atoms with Crippen molar-refractivity contribution in [2.24, 2.45) is 5.92 Å². The van der Waals surface area contributed by atoms with Crippen LogP contribution in [0, 0.1) is 5.92 Å². The summed E-state index contributed by atoms with van der Waals surface area (Å²) in [6.07, 6.45) is -2.21. The third-order valence-electron chi connectivity index (χ3n) is 3.45. The predicted octanol–water partition coefficient (Wildman–Crippen LogP) is 0.0481. The fourth-order valence-electron chi connectivity index (χ4n) is 2.39. The number of hydrogen-bond acceptors (Lipinski definition) is 4. The van der Waals surface area contributed by atoms with Gasteiger partial charge in [0, 0.05) is 20.6 Å². The molecule has 1 heterocycles. The summed E-state index contributed by atoms with van der Waals surface area (Å²) in [5.41, 5.74) is 0. The van der Waals surface area contributed by atoms with Crippen LogP contribution >= 0.6 is 0 Å². The van der Waals surface area contributed by atoms with Crippen LogP contribution in [-0.2, 0) is 19.1 Å². The van der Waals surface area contributed by atoms with E-state index in [-0.39, 0.29) is 18.9 Å². The maximum atomic E-state index is 12.0. The van der Waals surface area contributed by atoms with Crippen molar-refractivity contribution in [3.63, 3.8) is 0 Å². The molecule has 2 amide bonds. The maximum Gasteiger partial charge on any atom is 0.326 e. The number of piperidine rings is 1. The van der Waals surface area contributed by atoms with Gasteiger partial charge in [-0.05, 0) is 12.8 Å². The second kappa shape index (κ2) is 8.02. The standard InChI is InChI=1S/C13H20F2N2O5/c1-16(2)12(19)8-3-4-9(13(20)21)17(5-8)11(18)7-22-6-10(14)15/h8-10H,3-7H2,1-2H3,(H,20,21). The van der Waals surface area contributed by atoms with Gasteiger partial charge in [0.2, 0.25) is 11.8 Å². The number of carboxylic acids is 1. The van der Waals surface area contributed by atoms with Gasteiger partial charge in [-0.15, -0.1) is 0 Å². The highest BCUT2D eigenvalue weighted by atomic mass is 19.3. The molecule has 0 radical (unpaired) electrons. The normalized spacial score (nSPS) is 21.8. The Morgan fingerprint density at radius 3 is 2.45 bits per heavy atom. The van der Waals surface area contributed by atoms with Gasteiger partial charge in [0.25, 0.3) is 6.43 Å². The molecule has 1 fully saturated rings. The van der Waals surface area contributed by atoms with Crippen molar-refractivity contribution >= 4 is 17.8 Å². The van der Waals surface area contributed by atoms with Crippen LogP contribution in [0.2, 0.25) is 0 Å². The molecule has 7 nitrogen and oxygen atoms in total. The number of rotatable bonds is 6. The second-order valence-electron chi connectivity index (χ2n) is 5.31. The van der Waals surface area contributed by atoms with E-state index in [9.17, 15) is 23.2 Å². The van der Waals surface area contributed by atoms with Gasteiger partial charge in [0.05, 0.1) is 5.92 Å². The summed E-state index contributed by atoms with van der Waals surface area (Å²) in [6.45, 7) is -1.57. The smallest absolute Gasteiger partial charge is 0.326 e.